The minimum atomic E-state index is -0.599. The number of benzene rings is 1. The number of halogens is 2. The van der Waals surface area contributed by atoms with Crippen LogP contribution in [-0.4, -0.2) is 10.9 Å². The van der Waals surface area contributed by atoms with Crippen LogP contribution in [0, 0.1) is 18.3 Å². The first kappa shape index (κ1) is 16.8. The minimum absolute atomic E-state index is 0.119. The molecule has 0 aliphatic carbocycles. The number of carbonyl (C=O) groups excluding carboxylic acids is 1. The molecule has 7 heteroatoms. The topological polar surface area (TPSA) is 77.8 Å². The summed E-state index contributed by atoms with van der Waals surface area (Å²) >= 11 is 11.9. The van der Waals surface area contributed by atoms with Crippen LogP contribution in [0.1, 0.15) is 5.56 Å². The summed E-state index contributed by atoms with van der Waals surface area (Å²) in [6.45, 7) is 1.86. The number of nitriles is 1. The molecule has 0 atom stereocenters. The Kier molecular flexibility index (Phi) is 5.58. The highest BCUT2D eigenvalue weighted by Gasteiger charge is 2.12. The molecular formula is C16H12Cl2N4O. The fraction of sp³-hybridized carbons (Fsp3) is 0.0625. The van der Waals surface area contributed by atoms with Crippen LogP contribution in [0.15, 0.2) is 48.3 Å². The van der Waals surface area contributed by atoms with Crippen molar-refractivity contribution in [3.05, 3.63) is 63.9 Å². The van der Waals surface area contributed by atoms with Crippen molar-refractivity contribution in [2.75, 3.05) is 10.6 Å². The van der Waals surface area contributed by atoms with E-state index in [4.69, 9.17) is 28.5 Å². The quantitative estimate of drug-likeness (QED) is 0.643. The summed E-state index contributed by atoms with van der Waals surface area (Å²) in [5.74, 6) is -0.0356. The van der Waals surface area contributed by atoms with E-state index in [1.165, 1.54) is 6.20 Å². The monoisotopic (exact) mass is 346 g/mol. The largest absolute Gasteiger partial charge is 0.345 e. The van der Waals surface area contributed by atoms with Crippen LogP contribution in [0.25, 0.3) is 0 Å². The van der Waals surface area contributed by atoms with Crippen molar-refractivity contribution in [3.63, 3.8) is 0 Å². The van der Waals surface area contributed by atoms with E-state index in [0.717, 1.165) is 5.56 Å². The Morgan fingerprint density at radius 1 is 1.30 bits per heavy atom. The highest BCUT2D eigenvalue weighted by atomic mass is 35.5. The van der Waals surface area contributed by atoms with Gasteiger partial charge in [0.05, 0.1) is 15.7 Å². The predicted octanol–water partition coefficient (Wildman–Crippen LogP) is 4.15. The van der Waals surface area contributed by atoms with Gasteiger partial charge < -0.3 is 10.6 Å². The van der Waals surface area contributed by atoms with Crippen molar-refractivity contribution in [2.45, 2.75) is 6.92 Å². The first-order valence-electron chi connectivity index (χ1n) is 6.56. The molecule has 1 aromatic heterocycles. The van der Waals surface area contributed by atoms with Gasteiger partial charge in [-0.3, -0.25) is 4.79 Å². The maximum Gasteiger partial charge on any atom is 0.267 e. The van der Waals surface area contributed by atoms with Crippen molar-refractivity contribution in [3.8, 4) is 6.07 Å². The van der Waals surface area contributed by atoms with Gasteiger partial charge in [-0.2, -0.15) is 5.26 Å². The summed E-state index contributed by atoms with van der Waals surface area (Å²) in [4.78, 5) is 16.3. The van der Waals surface area contributed by atoms with Crippen LogP contribution < -0.4 is 10.6 Å². The highest BCUT2D eigenvalue weighted by Crippen LogP contribution is 2.29. The number of anilines is 2. The summed E-state index contributed by atoms with van der Waals surface area (Å²) in [7, 11) is 0. The minimum Gasteiger partial charge on any atom is -0.345 e. The number of aryl methyl sites for hydroxylation is 1. The third-order valence-electron chi connectivity index (χ3n) is 2.93. The Morgan fingerprint density at radius 3 is 2.78 bits per heavy atom. The van der Waals surface area contributed by atoms with Gasteiger partial charge in [0, 0.05) is 12.4 Å². The van der Waals surface area contributed by atoms with Crippen LogP contribution in [0.3, 0.4) is 0 Å². The molecule has 2 N–H and O–H groups in total. The van der Waals surface area contributed by atoms with Gasteiger partial charge in [-0.15, -0.1) is 0 Å². The summed E-state index contributed by atoms with van der Waals surface area (Å²) in [5.41, 5.74) is 1.10. The van der Waals surface area contributed by atoms with Crippen LogP contribution in [-0.2, 0) is 4.79 Å². The Hall–Kier alpha value is -2.55. The first-order valence-corrected chi connectivity index (χ1v) is 7.32. The van der Waals surface area contributed by atoms with Crippen molar-refractivity contribution >= 4 is 40.6 Å². The van der Waals surface area contributed by atoms with E-state index in [2.05, 4.69) is 15.6 Å². The molecule has 1 aromatic carbocycles. The molecule has 0 bridgehead atoms. The lowest BCUT2D eigenvalue weighted by Gasteiger charge is -2.08. The zero-order valence-corrected chi connectivity index (χ0v) is 13.6. The van der Waals surface area contributed by atoms with E-state index >= 15 is 0 Å². The fourth-order valence-corrected chi connectivity index (χ4v) is 2.06. The number of rotatable bonds is 4. The molecule has 0 saturated heterocycles. The van der Waals surface area contributed by atoms with E-state index in [1.54, 1.807) is 30.5 Å². The van der Waals surface area contributed by atoms with E-state index in [-0.39, 0.29) is 10.6 Å². The number of hydrogen-bond acceptors (Lipinski definition) is 4. The van der Waals surface area contributed by atoms with Gasteiger partial charge in [0.2, 0.25) is 0 Å². The normalized spacial score (nSPS) is 10.8. The van der Waals surface area contributed by atoms with E-state index in [1.807, 2.05) is 19.1 Å². The van der Waals surface area contributed by atoms with Gasteiger partial charge in [-0.05, 0) is 30.7 Å². The first-order chi connectivity index (χ1) is 11.0. The summed E-state index contributed by atoms with van der Waals surface area (Å²) in [6, 6.07) is 10.3. The summed E-state index contributed by atoms with van der Waals surface area (Å²) in [6.07, 6.45) is 2.91. The highest BCUT2D eigenvalue weighted by molar-refractivity contribution is 6.44. The Morgan fingerprint density at radius 2 is 2.09 bits per heavy atom. The number of nitrogens with zero attached hydrogens (tertiary/aromatic N) is 2. The molecule has 5 nitrogen and oxygen atoms in total. The Bertz CT molecular complexity index is 812. The second kappa shape index (κ2) is 7.63. The Labute approximate surface area is 143 Å². The van der Waals surface area contributed by atoms with Crippen molar-refractivity contribution in [1.29, 1.82) is 5.26 Å². The number of pyridine rings is 1. The van der Waals surface area contributed by atoms with Gasteiger partial charge >= 0.3 is 0 Å². The molecule has 2 rings (SSSR count). The molecule has 0 aliphatic rings. The van der Waals surface area contributed by atoms with Crippen molar-refractivity contribution in [2.24, 2.45) is 0 Å². The lowest BCUT2D eigenvalue weighted by molar-refractivity contribution is -0.112. The number of amides is 1. The third kappa shape index (κ3) is 4.22. The van der Waals surface area contributed by atoms with Crippen LogP contribution in [0.4, 0.5) is 11.5 Å². The zero-order chi connectivity index (χ0) is 16.8. The third-order valence-corrected chi connectivity index (χ3v) is 3.75. The predicted molar refractivity (Wildman–Crippen MR) is 91.4 cm³/mol. The van der Waals surface area contributed by atoms with Crippen LogP contribution in [0.5, 0.6) is 0 Å². The van der Waals surface area contributed by atoms with E-state index in [9.17, 15) is 4.79 Å². The van der Waals surface area contributed by atoms with E-state index in [0.29, 0.717) is 16.5 Å². The molecule has 23 heavy (non-hydrogen) atoms. The number of hydrogen-bond donors (Lipinski definition) is 2. The zero-order valence-electron chi connectivity index (χ0n) is 12.1. The van der Waals surface area contributed by atoms with Gasteiger partial charge in [-0.25, -0.2) is 4.98 Å². The van der Waals surface area contributed by atoms with Gasteiger partial charge in [0.1, 0.15) is 17.5 Å². The van der Waals surface area contributed by atoms with E-state index < -0.39 is 5.91 Å². The van der Waals surface area contributed by atoms with Gasteiger partial charge in [0.25, 0.3) is 5.91 Å². The van der Waals surface area contributed by atoms with Crippen LogP contribution >= 0.6 is 23.2 Å². The average Bonchev–Trinajstić information content (AvgIpc) is 2.54. The maximum absolute atomic E-state index is 12.1. The SMILES string of the molecule is Cc1cccnc1N/C=C(/C#N)C(=O)Nc1cccc(Cl)c1Cl. The lowest BCUT2D eigenvalue weighted by Crippen LogP contribution is -2.15. The van der Waals surface area contributed by atoms with Crippen molar-refractivity contribution < 1.29 is 4.79 Å². The molecule has 0 fully saturated rings. The van der Waals surface area contributed by atoms with Gasteiger partial charge in [0.15, 0.2) is 0 Å². The summed E-state index contributed by atoms with van der Waals surface area (Å²) in [5, 5.41) is 15.1. The molecule has 0 aliphatic heterocycles. The van der Waals surface area contributed by atoms with Gasteiger partial charge in [-0.1, -0.05) is 35.3 Å². The second-order valence-corrected chi connectivity index (χ2v) is 5.32. The molecule has 0 unspecified atom stereocenters. The second-order valence-electron chi connectivity index (χ2n) is 4.54. The number of nitrogens with one attached hydrogen (secondary N) is 2. The molecule has 1 amide bonds. The molecule has 2 aromatic rings. The average molecular weight is 347 g/mol. The lowest BCUT2D eigenvalue weighted by atomic mass is 10.2. The summed E-state index contributed by atoms with van der Waals surface area (Å²) < 4.78 is 0. The molecule has 0 spiro atoms. The Balaban J connectivity index is 2.16. The smallest absolute Gasteiger partial charge is 0.267 e. The standard InChI is InChI=1S/C16H12Cl2N4O/c1-10-4-3-7-20-15(10)21-9-11(8-19)16(23)22-13-6-2-5-12(17)14(13)18/h2-7,9H,1H3,(H,20,21)(H,22,23)/b11-9-. The van der Waals surface area contributed by atoms with Crippen LogP contribution in [0.2, 0.25) is 10.0 Å². The maximum atomic E-state index is 12.1. The molecule has 116 valence electrons. The van der Waals surface area contributed by atoms with Crippen molar-refractivity contribution in [1.82, 2.24) is 4.98 Å². The fourth-order valence-electron chi connectivity index (χ4n) is 1.72. The molecule has 1 heterocycles. The molecule has 0 saturated carbocycles. The molecular weight excluding hydrogens is 335 g/mol. The number of carbonyl (C=O) groups is 1. The number of aromatic nitrogens is 1. The molecule has 0 radical (unpaired) electrons.